The minimum absolute atomic E-state index is 0.0724. The second kappa shape index (κ2) is 10.9. The molecule has 0 aliphatic carbocycles. The van der Waals surface area contributed by atoms with Crippen LogP contribution in [-0.4, -0.2) is 83.0 Å². The van der Waals surface area contributed by atoms with Crippen molar-refractivity contribution in [3.63, 3.8) is 0 Å². The number of carbonyl (C=O) groups excluding carboxylic acids is 1. The highest BCUT2D eigenvalue weighted by molar-refractivity contribution is 5.76. The van der Waals surface area contributed by atoms with E-state index in [0.29, 0.717) is 57.1 Å². The minimum atomic E-state index is -4.80. The fourth-order valence-corrected chi connectivity index (χ4v) is 4.44. The Balaban J connectivity index is 1.24. The second-order valence-electron chi connectivity index (χ2n) is 8.52. The highest BCUT2D eigenvalue weighted by Crippen LogP contribution is 2.36. The minimum Gasteiger partial charge on any atom is -0.379 e. The molecule has 2 fully saturated rings. The molecular weight excluding hydrogens is 481 g/mol. The van der Waals surface area contributed by atoms with Crippen molar-refractivity contribution in [1.29, 1.82) is 5.26 Å². The van der Waals surface area contributed by atoms with Crippen LogP contribution in [0.4, 0.5) is 24.8 Å². The van der Waals surface area contributed by atoms with E-state index in [-0.39, 0.29) is 37.3 Å². The number of carbonyl (C=O) groups is 1. The Kier molecular flexibility index (Phi) is 7.68. The van der Waals surface area contributed by atoms with Crippen molar-refractivity contribution >= 4 is 17.5 Å². The van der Waals surface area contributed by atoms with Crippen LogP contribution in [0.3, 0.4) is 0 Å². The molecule has 1 amide bonds. The predicted molar refractivity (Wildman–Crippen MR) is 121 cm³/mol. The Morgan fingerprint density at radius 1 is 1.17 bits per heavy atom. The number of anilines is 2. The number of H-pyrrole nitrogens is 1. The molecule has 2 saturated heterocycles. The van der Waals surface area contributed by atoms with E-state index in [1.165, 1.54) is 17.3 Å². The lowest BCUT2D eigenvalue weighted by Crippen LogP contribution is -2.49. The smallest absolute Gasteiger partial charge is 0.379 e. The summed E-state index contributed by atoms with van der Waals surface area (Å²) >= 11 is 0. The van der Waals surface area contributed by atoms with E-state index in [2.05, 4.69) is 15.1 Å². The first-order chi connectivity index (χ1) is 17.3. The Morgan fingerprint density at radius 3 is 2.56 bits per heavy atom. The van der Waals surface area contributed by atoms with E-state index in [1.807, 2.05) is 16.1 Å². The van der Waals surface area contributed by atoms with Crippen LogP contribution in [-0.2, 0) is 15.7 Å². The van der Waals surface area contributed by atoms with Crippen LogP contribution >= 0.6 is 0 Å². The number of nitrogens with zero attached hydrogens (tertiary/aromatic N) is 7. The number of piperazine rings is 1. The summed E-state index contributed by atoms with van der Waals surface area (Å²) in [5.74, 6) is 0.437. The van der Waals surface area contributed by atoms with Crippen molar-refractivity contribution in [3.8, 4) is 6.07 Å². The number of aromatic amines is 1. The molecule has 2 aromatic heterocycles. The monoisotopic (exact) mass is 506 g/mol. The number of alkyl halides is 3. The molecule has 1 atom stereocenters. The van der Waals surface area contributed by atoms with E-state index < -0.39 is 17.3 Å². The van der Waals surface area contributed by atoms with Crippen LogP contribution in [0.2, 0.25) is 0 Å². The van der Waals surface area contributed by atoms with Gasteiger partial charge in [-0.3, -0.25) is 9.59 Å². The van der Waals surface area contributed by atoms with E-state index in [0.717, 1.165) is 6.20 Å². The number of aromatic nitrogens is 4. The zero-order valence-corrected chi connectivity index (χ0v) is 19.4. The molecule has 2 aliphatic rings. The highest BCUT2D eigenvalue weighted by atomic mass is 19.4. The molecule has 2 aliphatic heterocycles. The van der Waals surface area contributed by atoms with E-state index in [9.17, 15) is 22.8 Å². The SMILES string of the molecule is N#Cc1cnc(N2CCN(C(=O)CCOCC3CCCN3c3cn[nH]c(=O)c3C(F)(F)F)CC2)nc1. The van der Waals surface area contributed by atoms with Gasteiger partial charge >= 0.3 is 6.18 Å². The summed E-state index contributed by atoms with van der Waals surface area (Å²) in [6.07, 6.45) is 0.553. The Morgan fingerprint density at radius 2 is 1.89 bits per heavy atom. The van der Waals surface area contributed by atoms with Gasteiger partial charge in [0.25, 0.3) is 5.56 Å². The molecule has 11 nitrogen and oxygen atoms in total. The molecule has 2 aromatic rings. The molecule has 1 unspecified atom stereocenters. The predicted octanol–water partition coefficient (Wildman–Crippen LogP) is 1.17. The molecule has 192 valence electrons. The largest absolute Gasteiger partial charge is 0.423 e. The van der Waals surface area contributed by atoms with Gasteiger partial charge in [0, 0.05) is 32.7 Å². The van der Waals surface area contributed by atoms with Crippen LogP contribution < -0.4 is 15.4 Å². The highest BCUT2D eigenvalue weighted by Gasteiger charge is 2.40. The first-order valence-corrected chi connectivity index (χ1v) is 11.5. The maximum Gasteiger partial charge on any atom is 0.423 e. The van der Waals surface area contributed by atoms with Crippen LogP contribution in [0.15, 0.2) is 23.4 Å². The average Bonchev–Trinajstić information content (AvgIpc) is 3.34. The quantitative estimate of drug-likeness (QED) is 0.550. The van der Waals surface area contributed by atoms with Crippen molar-refractivity contribution in [3.05, 3.63) is 40.1 Å². The third-order valence-corrected chi connectivity index (χ3v) is 6.26. The van der Waals surface area contributed by atoms with Crippen LogP contribution in [0.25, 0.3) is 0 Å². The molecule has 0 radical (unpaired) electrons. The van der Waals surface area contributed by atoms with Gasteiger partial charge in [0.2, 0.25) is 11.9 Å². The average molecular weight is 506 g/mol. The molecule has 0 saturated carbocycles. The van der Waals surface area contributed by atoms with Crippen molar-refractivity contribution < 1.29 is 22.7 Å². The Labute approximate surface area is 204 Å². The molecule has 0 aromatic carbocycles. The van der Waals surface area contributed by atoms with Gasteiger partial charge in [0.15, 0.2) is 0 Å². The molecular formula is C22H25F3N8O3. The molecule has 0 spiro atoms. The number of hydrogen-bond acceptors (Lipinski definition) is 9. The number of rotatable bonds is 7. The van der Waals surface area contributed by atoms with Gasteiger partial charge in [-0.25, -0.2) is 15.1 Å². The summed E-state index contributed by atoms with van der Waals surface area (Å²) in [7, 11) is 0. The van der Waals surface area contributed by atoms with E-state index >= 15 is 0 Å². The third-order valence-electron chi connectivity index (χ3n) is 6.26. The zero-order valence-electron chi connectivity index (χ0n) is 19.4. The number of ether oxygens (including phenoxy) is 1. The zero-order chi connectivity index (χ0) is 25.7. The second-order valence-corrected chi connectivity index (χ2v) is 8.52. The lowest BCUT2D eigenvalue weighted by molar-refractivity contribution is -0.138. The third kappa shape index (κ3) is 5.73. The summed E-state index contributed by atoms with van der Waals surface area (Å²) < 4.78 is 46.0. The van der Waals surface area contributed by atoms with Gasteiger partial charge in [-0.05, 0) is 12.8 Å². The lowest BCUT2D eigenvalue weighted by atomic mass is 10.2. The molecule has 4 heterocycles. The van der Waals surface area contributed by atoms with E-state index in [1.54, 1.807) is 4.90 Å². The summed E-state index contributed by atoms with van der Waals surface area (Å²) in [6.45, 7) is 2.74. The summed E-state index contributed by atoms with van der Waals surface area (Å²) in [4.78, 5) is 37.9. The van der Waals surface area contributed by atoms with Crippen molar-refractivity contribution in [1.82, 2.24) is 25.1 Å². The standard InChI is InChI=1S/C22H25F3N8O3/c23-22(24,25)19-17(13-29-30-20(19)35)33-4-1-2-16(33)14-36-9-3-18(34)31-5-7-32(8-6-31)21-27-11-15(10-26)12-28-21/h11-13,16H,1-9,14H2,(H,30,35). The van der Waals surface area contributed by atoms with Gasteiger partial charge < -0.3 is 19.4 Å². The Hall–Kier alpha value is -3.73. The summed E-state index contributed by atoms with van der Waals surface area (Å²) in [6, 6.07) is 1.62. The summed E-state index contributed by atoms with van der Waals surface area (Å²) in [5, 5.41) is 14.2. The van der Waals surface area contributed by atoms with Crippen molar-refractivity contribution in [2.75, 3.05) is 55.7 Å². The fourth-order valence-electron chi connectivity index (χ4n) is 4.44. The summed E-state index contributed by atoms with van der Waals surface area (Å²) in [5.41, 5.74) is -2.41. The van der Waals surface area contributed by atoms with Gasteiger partial charge in [0.1, 0.15) is 11.6 Å². The lowest BCUT2D eigenvalue weighted by Gasteiger charge is -2.34. The molecule has 4 rings (SSSR count). The number of halogens is 3. The number of hydrogen-bond donors (Lipinski definition) is 1. The van der Waals surface area contributed by atoms with Crippen LogP contribution in [0.1, 0.15) is 30.4 Å². The molecule has 36 heavy (non-hydrogen) atoms. The first kappa shape index (κ1) is 25.4. The normalized spacial score (nSPS) is 18.4. The Bertz CT molecular complexity index is 1160. The van der Waals surface area contributed by atoms with E-state index in [4.69, 9.17) is 10.00 Å². The molecule has 1 N–H and O–H groups in total. The maximum atomic E-state index is 13.4. The van der Waals surface area contributed by atoms with Crippen LogP contribution in [0.5, 0.6) is 0 Å². The van der Waals surface area contributed by atoms with Crippen LogP contribution in [0, 0.1) is 11.3 Å². The van der Waals surface area contributed by atoms with Gasteiger partial charge in [-0.2, -0.15) is 23.5 Å². The van der Waals surface area contributed by atoms with Gasteiger partial charge in [-0.15, -0.1) is 0 Å². The van der Waals surface area contributed by atoms with Gasteiger partial charge in [-0.1, -0.05) is 0 Å². The fraction of sp³-hybridized carbons (Fsp3) is 0.545. The first-order valence-electron chi connectivity index (χ1n) is 11.5. The molecule has 14 heteroatoms. The van der Waals surface area contributed by atoms with Gasteiger partial charge in [0.05, 0.1) is 55.5 Å². The van der Waals surface area contributed by atoms with Crippen molar-refractivity contribution in [2.45, 2.75) is 31.5 Å². The molecule has 0 bridgehead atoms. The maximum absolute atomic E-state index is 13.4. The number of nitriles is 1. The number of nitrogens with one attached hydrogen (secondary N) is 1. The number of amides is 1. The topological polar surface area (TPSA) is 131 Å². The van der Waals surface area contributed by atoms with Crippen molar-refractivity contribution in [2.24, 2.45) is 0 Å².